The van der Waals surface area contributed by atoms with Crippen molar-refractivity contribution in [1.82, 2.24) is 15.0 Å². The van der Waals surface area contributed by atoms with Gasteiger partial charge in [0.2, 0.25) is 23.0 Å². The molecule has 6 aromatic rings. The molecule has 0 amide bonds. The van der Waals surface area contributed by atoms with Gasteiger partial charge in [0.05, 0.1) is 46.4 Å². The summed E-state index contributed by atoms with van der Waals surface area (Å²) in [6.07, 6.45) is 1.31. The summed E-state index contributed by atoms with van der Waals surface area (Å²) in [4.78, 5) is 16.7. The fraction of sp³-hybridized carbons (Fsp3) is 0. The summed E-state index contributed by atoms with van der Waals surface area (Å²) in [6, 6.07) is 7.34. The molecule has 3 N–H and O–H groups in total. The van der Waals surface area contributed by atoms with Crippen LogP contribution >= 0.6 is 11.6 Å². The molecule has 1 radical (unpaired) electrons. The minimum Gasteiger partial charge on any atom is -0.871 e. The average molecular weight is 1330 g/mol. The maximum atomic E-state index is 13.9. The fourth-order valence-electron chi connectivity index (χ4n) is 6.36. The number of hydrogen-bond acceptors (Lipinski definition) is 30. The molecule has 0 saturated carbocycles. The van der Waals surface area contributed by atoms with Crippen molar-refractivity contribution in [2.24, 2.45) is 15.3 Å². The second-order valence-electron chi connectivity index (χ2n) is 14.1. The monoisotopic (exact) mass is 1330 g/mol. The van der Waals surface area contributed by atoms with Crippen molar-refractivity contribution in [3.8, 4) is 11.5 Å². The average Bonchev–Trinajstić information content (AvgIpc) is 3.23. The molecular formula is C35H16ClCuN9Na6O21S6. The smallest absolute Gasteiger partial charge is 0.871 e. The van der Waals surface area contributed by atoms with Crippen LogP contribution < -0.4 is 204 Å². The Kier molecular flexibility index (Phi) is 29.4. The summed E-state index contributed by atoms with van der Waals surface area (Å²) in [5, 5.41) is 40.3. The van der Waals surface area contributed by atoms with E-state index >= 15 is 0 Å². The third kappa shape index (κ3) is 18.9. The Bertz CT molecular complexity index is 4230. The SMILES string of the molecule is O=C1C=Cc2c(cc(S(=O)(=O)[O-])c(N=Nc3cc(Nc4nc(Cl)nc(Nc5cccc(S(=O)(=O)[O-])c5)n4)cc(S(=O)(=O)[O-])c3)c2[O-])/C1=N/Nc1c(S(=O)(=O)[O-])cc2cc(S(=O)(=O)[O-])cc(S(=O)(=O)[O-])c2c1[O-].[Cu+2].[Na+].[Na+].[Na+].[Na+].[Na+].[Na+]. The van der Waals surface area contributed by atoms with Crippen LogP contribution in [0.4, 0.5) is 40.3 Å². The van der Waals surface area contributed by atoms with E-state index in [1.807, 2.05) is 0 Å². The molecule has 387 valence electrons. The third-order valence-corrected chi connectivity index (χ3v) is 14.5. The quantitative estimate of drug-likeness (QED) is 0.0394. The van der Waals surface area contributed by atoms with Gasteiger partial charge in [0.1, 0.15) is 66.4 Å². The number of carbonyl (C=O) groups excluding carboxylic acids is 1. The van der Waals surface area contributed by atoms with E-state index in [0.29, 0.717) is 24.3 Å². The Hall–Kier alpha value is -0.681. The van der Waals surface area contributed by atoms with Crippen LogP contribution in [0.15, 0.2) is 118 Å². The number of benzene rings is 5. The molecule has 0 aliphatic heterocycles. The standard InChI is InChI=1S/C35H24ClN9O21S6.Cu.6Na/c36-33-39-34(37-15-2-1-3-18(9-15)67(49,50)51)41-35(40-33)38-16-8-17(11-20(10-16)69(55,56)57)42-44-29-26(72(64,65)66)13-22-21(31(29)47)4-5-23(46)28(22)43-45-30-25(71(61,62)63)7-14-6-19(68(52,53)54)12-24(70(58,59)60)27(14)32(30)48;;;;;;;/h1-13,45,47-48H,(H,49,50,51)(H,52,53,54)(H,55,56,57)(H,58,59,60)(H,61,62,63)(H,64,65,66)(H2,37,38,39,40,41);;;;;;;/q;+2;6*+1/p-8/b43-28-,44-42?;;;;;;;. The number of aromatic nitrogens is 3. The van der Waals surface area contributed by atoms with Crippen LogP contribution in [0.25, 0.3) is 16.8 Å². The summed E-state index contributed by atoms with van der Waals surface area (Å²) in [6.45, 7) is 0. The van der Waals surface area contributed by atoms with Crippen molar-refractivity contribution in [3.05, 3.63) is 89.2 Å². The molecule has 0 bridgehead atoms. The van der Waals surface area contributed by atoms with Crippen molar-refractivity contribution in [1.29, 1.82) is 0 Å². The van der Waals surface area contributed by atoms with Gasteiger partial charge in [-0.2, -0.15) is 25.2 Å². The summed E-state index contributed by atoms with van der Waals surface area (Å²) in [5.74, 6) is -5.61. The fourth-order valence-corrected chi connectivity index (χ4v) is 10.2. The largest absolute Gasteiger partial charge is 2.00 e. The second kappa shape index (κ2) is 29.6. The first-order chi connectivity index (χ1) is 33.1. The van der Waals surface area contributed by atoms with Crippen molar-refractivity contribution in [2.45, 2.75) is 29.4 Å². The summed E-state index contributed by atoms with van der Waals surface area (Å²) < 4.78 is 217. The van der Waals surface area contributed by atoms with Gasteiger partial charge in [-0.3, -0.25) is 10.2 Å². The summed E-state index contributed by atoms with van der Waals surface area (Å²) >= 11 is 6.00. The van der Waals surface area contributed by atoms with Crippen LogP contribution in [0.5, 0.6) is 11.5 Å². The number of allylic oxidation sites excluding steroid dienone is 1. The minimum atomic E-state index is -5.91. The van der Waals surface area contributed by atoms with Gasteiger partial charge in [0.15, 0.2) is 0 Å². The van der Waals surface area contributed by atoms with Gasteiger partial charge in [0.25, 0.3) is 0 Å². The van der Waals surface area contributed by atoms with Gasteiger partial charge >= 0.3 is 194 Å². The topological polar surface area (TPSA) is 518 Å². The Labute approximate surface area is 595 Å². The number of azo groups is 1. The van der Waals surface area contributed by atoms with E-state index in [1.54, 1.807) is 5.43 Å². The van der Waals surface area contributed by atoms with Crippen molar-refractivity contribution >= 4 is 141 Å². The van der Waals surface area contributed by atoms with E-state index in [4.69, 9.17) is 11.6 Å². The van der Waals surface area contributed by atoms with Crippen LogP contribution in [0.3, 0.4) is 0 Å². The van der Waals surface area contributed by atoms with E-state index in [0.717, 1.165) is 24.3 Å². The van der Waals surface area contributed by atoms with E-state index in [9.17, 15) is 92.8 Å². The number of hydrogen-bond donors (Lipinski definition) is 3. The molecule has 0 saturated heterocycles. The zero-order chi connectivity index (χ0) is 53.3. The molecule has 1 aliphatic carbocycles. The third-order valence-electron chi connectivity index (χ3n) is 9.31. The zero-order valence-electron chi connectivity index (χ0n) is 40.4. The molecule has 0 unspecified atom stereocenters. The van der Waals surface area contributed by atoms with Crippen LogP contribution in [0.1, 0.15) is 11.1 Å². The Morgan fingerprint density at radius 2 is 1.04 bits per heavy atom. The molecule has 1 aromatic heterocycles. The Morgan fingerprint density at radius 3 is 1.57 bits per heavy atom. The van der Waals surface area contributed by atoms with Gasteiger partial charge in [-0.1, -0.05) is 23.6 Å². The summed E-state index contributed by atoms with van der Waals surface area (Å²) in [5.41, 5.74) is -4.98. The molecule has 1 aliphatic rings. The number of fused-ring (bicyclic) bond motifs is 2. The van der Waals surface area contributed by atoms with Crippen LogP contribution in [-0.4, -0.2) is 104 Å². The zero-order valence-corrected chi connectivity index (χ0v) is 59.0. The summed E-state index contributed by atoms with van der Waals surface area (Å²) in [7, 11) is -33.6. The number of hydrazone groups is 1. The minimum absolute atomic E-state index is 0. The number of anilines is 5. The predicted molar refractivity (Wildman–Crippen MR) is 230 cm³/mol. The molecule has 1 heterocycles. The maximum Gasteiger partial charge on any atom is 2.00 e. The van der Waals surface area contributed by atoms with Gasteiger partial charge < -0.3 is 48.2 Å². The van der Waals surface area contributed by atoms with Gasteiger partial charge in [-0.05, 0) is 94.7 Å². The van der Waals surface area contributed by atoms with Crippen molar-refractivity contribution < 1.29 is 287 Å². The first-order valence-electron chi connectivity index (χ1n) is 18.2. The van der Waals surface area contributed by atoms with E-state index in [1.165, 1.54) is 12.1 Å². The molecule has 79 heavy (non-hydrogen) atoms. The molecule has 0 spiro atoms. The molecule has 7 rings (SSSR count). The number of halogens is 1. The Balaban J connectivity index is 0.00000869. The number of rotatable bonds is 14. The Morgan fingerprint density at radius 1 is 0.519 bits per heavy atom. The van der Waals surface area contributed by atoms with Crippen molar-refractivity contribution in [3.63, 3.8) is 0 Å². The maximum absolute atomic E-state index is 13.9. The number of nitrogens with zero attached hydrogens (tertiary/aromatic N) is 6. The molecule has 0 atom stereocenters. The normalized spacial score (nSPS) is 12.9. The predicted octanol–water partition coefficient (Wildman–Crippen LogP) is -17.4. The van der Waals surface area contributed by atoms with E-state index in [2.05, 4.69) is 40.9 Å². The van der Waals surface area contributed by atoms with E-state index in [-0.39, 0.29) is 224 Å². The van der Waals surface area contributed by atoms with E-state index < -0.39 is 169 Å². The number of nitrogens with one attached hydrogen (secondary N) is 3. The number of carbonyl (C=O) groups is 1. The molecule has 0 fully saturated rings. The molecular weight excluding hydrogens is 1310 g/mol. The first kappa shape index (κ1) is 78.3. The molecule has 5 aromatic carbocycles. The van der Waals surface area contributed by atoms with Gasteiger partial charge in [0, 0.05) is 16.9 Å². The van der Waals surface area contributed by atoms with Crippen LogP contribution in [0.2, 0.25) is 5.28 Å². The van der Waals surface area contributed by atoms with Crippen molar-refractivity contribution in [2.75, 3.05) is 16.1 Å². The first-order valence-corrected chi connectivity index (χ1v) is 27.1. The number of ketones is 1. The second-order valence-corrected chi connectivity index (χ2v) is 22.6. The van der Waals surface area contributed by atoms with Crippen LogP contribution in [-0.2, 0) is 82.6 Å². The van der Waals surface area contributed by atoms with Gasteiger partial charge in [-0.15, -0.1) is 5.11 Å². The van der Waals surface area contributed by atoms with Crippen LogP contribution in [0, 0.1) is 0 Å². The van der Waals surface area contributed by atoms with Gasteiger partial charge in [-0.25, -0.2) is 50.5 Å². The molecule has 44 heteroatoms. The molecule has 30 nitrogen and oxygen atoms in total.